The molecule has 0 aromatic carbocycles. The second kappa shape index (κ2) is 3.60. The number of hydrogen-bond donors (Lipinski definition) is 1. The Hall–Kier alpha value is -1.39. The van der Waals surface area contributed by atoms with Crippen LogP contribution in [0.2, 0.25) is 0 Å². The minimum atomic E-state index is -1.38. The highest BCUT2D eigenvalue weighted by atomic mass is 16.6. The minimum Gasteiger partial charge on any atom is -0.476 e. The molecule has 10 heavy (non-hydrogen) atoms. The van der Waals surface area contributed by atoms with E-state index < -0.39 is 17.5 Å². The number of rotatable bonds is 3. The van der Waals surface area contributed by atoms with Crippen LogP contribution in [0, 0.1) is 0 Å². The average molecular weight is 145 g/mol. The molecule has 1 N–H and O–H groups in total. The molecule has 0 rings (SSSR count). The highest BCUT2D eigenvalue weighted by Gasteiger charge is 2.15. The number of carboxylic acids is 1. The van der Waals surface area contributed by atoms with E-state index in [4.69, 9.17) is 5.11 Å². The van der Waals surface area contributed by atoms with Gasteiger partial charge in [0, 0.05) is 6.92 Å². The Morgan fingerprint density at radius 3 is 2.10 bits per heavy atom. The average Bonchev–Trinajstić information content (AvgIpc) is 1.81. The van der Waals surface area contributed by atoms with E-state index in [1.807, 2.05) is 0 Å². The number of hydrogen-bond acceptors (Lipinski definition) is 4. The summed E-state index contributed by atoms with van der Waals surface area (Å²) in [6.45, 7) is 1.10. The van der Waals surface area contributed by atoms with E-state index in [2.05, 4.69) is 9.99 Å². The molecular weight excluding hydrogens is 138 g/mol. The van der Waals surface area contributed by atoms with Gasteiger partial charge < -0.3 is 9.94 Å². The predicted molar refractivity (Wildman–Crippen MR) is 32.8 cm³/mol. The number of carbonyl (C=O) groups excluding carboxylic acids is 1. The molecule has 0 atom stereocenters. The first-order valence-electron chi connectivity index (χ1n) is 2.45. The number of aliphatic carboxylic acids is 1. The molecule has 0 aromatic heterocycles. The summed E-state index contributed by atoms with van der Waals surface area (Å²) < 4.78 is 0. The molecule has 0 unspecified atom stereocenters. The van der Waals surface area contributed by atoms with Crippen LogP contribution in [0.1, 0.15) is 6.92 Å². The fraction of sp³-hybridized carbons (Fsp3) is 0.400. The Balaban J connectivity index is 4.42. The van der Waals surface area contributed by atoms with E-state index >= 15 is 0 Å². The summed E-state index contributed by atoms with van der Waals surface area (Å²) in [4.78, 5) is 24.6. The van der Waals surface area contributed by atoms with Gasteiger partial charge in [-0.25, -0.2) is 4.79 Å². The molecule has 0 saturated heterocycles. The van der Waals surface area contributed by atoms with Gasteiger partial charge >= 0.3 is 5.97 Å². The molecule has 0 radical (unpaired) electrons. The zero-order valence-electron chi connectivity index (χ0n) is 5.62. The molecular formula is C5H7NO4. The van der Waals surface area contributed by atoms with Crippen molar-refractivity contribution in [2.24, 2.45) is 5.16 Å². The van der Waals surface area contributed by atoms with Gasteiger partial charge in [0.1, 0.15) is 7.11 Å². The van der Waals surface area contributed by atoms with Gasteiger partial charge in [0.25, 0.3) is 0 Å². The van der Waals surface area contributed by atoms with Gasteiger partial charge in [0.05, 0.1) is 0 Å². The van der Waals surface area contributed by atoms with Gasteiger partial charge in [-0.2, -0.15) is 0 Å². The summed E-state index contributed by atoms with van der Waals surface area (Å²) in [6.07, 6.45) is 0. The van der Waals surface area contributed by atoms with Crippen LogP contribution in [0.15, 0.2) is 5.16 Å². The number of nitrogens with zero attached hydrogens (tertiary/aromatic N) is 1. The Bertz CT molecular complexity index is 168. The SMILES string of the molecule is CO/N=C(/C(C)=O)C(=O)O. The van der Waals surface area contributed by atoms with Gasteiger partial charge in [-0.1, -0.05) is 5.16 Å². The van der Waals surface area contributed by atoms with Crippen LogP contribution >= 0.6 is 0 Å². The van der Waals surface area contributed by atoms with Crippen molar-refractivity contribution in [2.45, 2.75) is 6.92 Å². The third kappa shape index (κ3) is 2.25. The zero-order chi connectivity index (χ0) is 8.15. The maximum Gasteiger partial charge on any atom is 0.361 e. The fourth-order valence-electron chi connectivity index (χ4n) is 0.345. The number of ketones is 1. The summed E-state index contributed by atoms with van der Waals surface area (Å²) in [5.41, 5.74) is -0.595. The topological polar surface area (TPSA) is 76.0 Å². The molecule has 5 heteroatoms. The molecule has 0 aromatic rings. The summed E-state index contributed by atoms with van der Waals surface area (Å²) in [7, 11) is 1.17. The van der Waals surface area contributed by atoms with Crippen LogP contribution in [0.3, 0.4) is 0 Å². The van der Waals surface area contributed by atoms with Crippen LogP contribution in [0.4, 0.5) is 0 Å². The van der Waals surface area contributed by atoms with E-state index in [1.165, 1.54) is 7.11 Å². The lowest BCUT2D eigenvalue weighted by Crippen LogP contribution is -2.21. The lowest BCUT2D eigenvalue weighted by Gasteiger charge is -1.91. The molecule has 0 aliphatic heterocycles. The van der Waals surface area contributed by atoms with Crippen molar-refractivity contribution in [2.75, 3.05) is 7.11 Å². The Labute approximate surface area is 57.3 Å². The van der Waals surface area contributed by atoms with Crippen LogP contribution < -0.4 is 0 Å². The molecule has 0 bridgehead atoms. The first kappa shape index (κ1) is 8.61. The van der Waals surface area contributed by atoms with Gasteiger partial charge in [0.2, 0.25) is 5.71 Å². The monoisotopic (exact) mass is 145 g/mol. The van der Waals surface area contributed by atoms with E-state index in [1.54, 1.807) is 0 Å². The molecule has 0 aliphatic carbocycles. The fourth-order valence-corrected chi connectivity index (χ4v) is 0.345. The molecule has 0 saturated carbocycles. The highest BCUT2D eigenvalue weighted by molar-refractivity contribution is 6.63. The molecule has 0 heterocycles. The van der Waals surface area contributed by atoms with Crippen molar-refractivity contribution < 1.29 is 19.5 Å². The summed E-state index contributed by atoms with van der Waals surface area (Å²) in [5, 5.41) is 11.2. The van der Waals surface area contributed by atoms with Gasteiger partial charge in [0.15, 0.2) is 5.78 Å². The van der Waals surface area contributed by atoms with Crippen LogP contribution in [-0.2, 0) is 14.4 Å². The van der Waals surface area contributed by atoms with Crippen molar-refractivity contribution in [1.82, 2.24) is 0 Å². The normalized spacial score (nSPS) is 10.8. The smallest absolute Gasteiger partial charge is 0.361 e. The Morgan fingerprint density at radius 2 is 2.00 bits per heavy atom. The largest absolute Gasteiger partial charge is 0.476 e. The molecule has 56 valence electrons. The summed E-state index contributed by atoms with van der Waals surface area (Å²) in [5.74, 6) is -2.01. The van der Waals surface area contributed by atoms with Crippen molar-refractivity contribution >= 4 is 17.5 Å². The third-order valence-electron chi connectivity index (χ3n) is 0.719. The first-order chi connectivity index (χ1) is 4.59. The summed E-state index contributed by atoms with van der Waals surface area (Å²) >= 11 is 0. The van der Waals surface area contributed by atoms with Gasteiger partial charge in [-0.05, 0) is 0 Å². The molecule has 0 aliphatic rings. The van der Waals surface area contributed by atoms with Crippen molar-refractivity contribution in [3.05, 3.63) is 0 Å². The highest BCUT2D eigenvalue weighted by Crippen LogP contribution is 1.82. The molecule has 0 spiro atoms. The van der Waals surface area contributed by atoms with Gasteiger partial charge in [-0.15, -0.1) is 0 Å². The third-order valence-corrected chi connectivity index (χ3v) is 0.719. The zero-order valence-corrected chi connectivity index (χ0v) is 5.62. The Morgan fingerprint density at radius 1 is 1.50 bits per heavy atom. The first-order valence-corrected chi connectivity index (χ1v) is 2.45. The van der Waals surface area contributed by atoms with Gasteiger partial charge in [-0.3, -0.25) is 4.79 Å². The molecule has 5 nitrogen and oxygen atoms in total. The predicted octanol–water partition coefficient (Wildman–Crippen LogP) is -0.338. The van der Waals surface area contributed by atoms with Crippen molar-refractivity contribution in [3.8, 4) is 0 Å². The molecule has 0 amide bonds. The van der Waals surface area contributed by atoms with E-state index in [9.17, 15) is 9.59 Å². The van der Waals surface area contributed by atoms with E-state index in [-0.39, 0.29) is 0 Å². The number of oxime groups is 1. The Kier molecular flexibility index (Phi) is 3.10. The van der Waals surface area contributed by atoms with Crippen LogP contribution in [-0.4, -0.2) is 29.7 Å². The standard InChI is InChI=1S/C5H7NO4/c1-3(7)4(5(8)9)6-10-2/h1-2H3,(H,8,9)/b6-4-. The quantitative estimate of drug-likeness (QED) is 0.335. The summed E-state index contributed by atoms with van der Waals surface area (Å²) in [6, 6.07) is 0. The molecule has 0 fully saturated rings. The lowest BCUT2D eigenvalue weighted by molar-refractivity contribution is -0.130. The maximum absolute atomic E-state index is 10.4. The maximum atomic E-state index is 10.4. The number of Topliss-reactive ketones (excluding diaryl/α,β-unsaturated/α-hetero) is 1. The lowest BCUT2D eigenvalue weighted by atomic mass is 10.3. The van der Waals surface area contributed by atoms with E-state index in [0.29, 0.717) is 0 Å². The van der Waals surface area contributed by atoms with Crippen molar-refractivity contribution in [1.29, 1.82) is 0 Å². The number of carboxylic acid groups (broad SMARTS) is 1. The van der Waals surface area contributed by atoms with Crippen molar-refractivity contribution in [3.63, 3.8) is 0 Å². The number of carbonyl (C=O) groups is 2. The van der Waals surface area contributed by atoms with Crippen LogP contribution in [0.5, 0.6) is 0 Å². The van der Waals surface area contributed by atoms with E-state index in [0.717, 1.165) is 6.92 Å². The van der Waals surface area contributed by atoms with Crippen LogP contribution in [0.25, 0.3) is 0 Å². The minimum absolute atomic E-state index is 0.595. The second-order valence-electron chi connectivity index (χ2n) is 1.48. The second-order valence-corrected chi connectivity index (χ2v) is 1.48.